The van der Waals surface area contributed by atoms with Crippen LogP contribution < -0.4 is 5.32 Å². The summed E-state index contributed by atoms with van der Waals surface area (Å²) in [6, 6.07) is 19.4. The Hall–Kier alpha value is -3.41. The van der Waals surface area contributed by atoms with Gasteiger partial charge in [0.05, 0.1) is 17.3 Å². The first-order chi connectivity index (χ1) is 14.0. The van der Waals surface area contributed by atoms with E-state index in [1.54, 1.807) is 4.68 Å². The van der Waals surface area contributed by atoms with E-state index in [-0.39, 0.29) is 24.4 Å². The number of hydrogen-bond acceptors (Lipinski definition) is 4. The van der Waals surface area contributed by atoms with Crippen LogP contribution in [0.3, 0.4) is 0 Å². The van der Waals surface area contributed by atoms with Crippen LogP contribution >= 0.6 is 0 Å². The molecule has 1 N–H and O–H groups in total. The number of para-hydroxylation sites is 1. The van der Waals surface area contributed by atoms with Crippen molar-refractivity contribution >= 4 is 17.7 Å². The highest BCUT2D eigenvalue weighted by Crippen LogP contribution is 2.38. The maximum absolute atomic E-state index is 12.4. The van der Waals surface area contributed by atoms with Crippen LogP contribution in [0.15, 0.2) is 60.7 Å². The summed E-state index contributed by atoms with van der Waals surface area (Å²) < 4.78 is 6.82. The zero-order chi connectivity index (χ0) is 20.4. The Morgan fingerprint density at radius 1 is 1.14 bits per heavy atom. The summed E-state index contributed by atoms with van der Waals surface area (Å²) in [7, 11) is 0. The first kappa shape index (κ1) is 18.9. The van der Waals surface area contributed by atoms with Gasteiger partial charge in [-0.25, -0.2) is 4.68 Å². The summed E-state index contributed by atoms with van der Waals surface area (Å²) in [5.74, 6) is 0.115. The second kappa shape index (κ2) is 7.91. The van der Waals surface area contributed by atoms with Crippen LogP contribution in [0.1, 0.15) is 18.9 Å². The van der Waals surface area contributed by atoms with Gasteiger partial charge in [0.15, 0.2) is 6.61 Å². The van der Waals surface area contributed by atoms with Gasteiger partial charge in [-0.05, 0) is 31.4 Å². The van der Waals surface area contributed by atoms with Crippen molar-refractivity contribution in [1.82, 2.24) is 9.78 Å². The van der Waals surface area contributed by atoms with Crippen molar-refractivity contribution in [3.8, 4) is 16.9 Å². The highest BCUT2D eigenvalue weighted by Gasteiger charge is 2.40. The van der Waals surface area contributed by atoms with E-state index in [1.165, 1.54) is 0 Å². The number of nitrogens with one attached hydrogen (secondary N) is 1. The molecular weight excluding hydrogens is 366 g/mol. The summed E-state index contributed by atoms with van der Waals surface area (Å²) in [6.45, 7) is 3.72. The molecule has 1 fully saturated rings. The van der Waals surface area contributed by atoms with Crippen molar-refractivity contribution in [2.75, 3.05) is 11.9 Å². The molecule has 2 atom stereocenters. The summed E-state index contributed by atoms with van der Waals surface area (Å²) in [5.41, 5.74) is 3.68. The molecule has 3 aromatic rings. The molecule has 0 radical (unpaired) electrons. The van der Waals surface area contributed by atoms with Crippen LogP contribution in [0.25, 0.3) is 16.9 Å². The van der Waals surface area contributed by atoms with E-state index >= 15 is 0 Å². The number of benzene rings is 2. The van der Waals surface area contributed by atoms with Crippen LogP contribution in [-0.2, 0) is 14.3 Å². The molecule has 1 aliphatic rings. The Kier molecular flexibility index (Phi) is 5.16. The van der Waals surface area contributed by atoms with Gasteiger partial charge in [0.25, 0.3) is 5.91 Å². The average Bonchev–Trinajstić information content (AvgIpc) is 3.32. The molecule has 0 spiro atoms. The Morgan fingerprint density at radius 2 is 1.83 bits per heavy atom. The third-order valence-corrected chi connectivity index (χ3v) is 5.08. The third-order valence-electron chi connectivity index (χ3n) is 5.08. The van der Waals surface area contributed by atoms with Crippen molar-refractivity contribution in [2.24, 2.45) is 11.8 Å². The molecule has 148 valence electrons. The monoisotopic (exact) mass is 389 g/mol. The number of nitrogens with zero attached hydrogens (tertiary/aromatic N) is 2. The smallest absolute Gasteiger partial charge is 0.309 e. The molecule has 1 saturated carbocycles. The van der Waals surface area contributed by atoms with E-state index in [2.05, 4.69) is 10.4 Å². The third kappa shape index (κ3) is 4.37. The number of carbonyl (C=O) groups excluding carboxylic acids is 2. The Bertz CT molecular complexity index is 1030. The van der Waals surface area contributed by atoms with Gasteiger partial charge >= 0.3 is 5.97 Å². The summed E-state index contributed by atoms with van der Waals surface area (Å²) in [5, 5.41) is 7.49. The lowest BCUT2D eigenvalue weighted by atomic mass is 10.1. The topological polar surface area (TPSA) is 73.2 Å². The molecule has 2 aromatic carbocycles. The maximum atomic E-state index is 12.4. The largest absolute Gasteiger partial charge is 0.455 e. The summed E-state index contributed by atoms with van der Waals surface area (Å²) in [6.07, 6.45) is 0.834. The number of aromatic nitrogens is 2. The number of anilines is 1. The van der Waals surface area contributed by atoms with E-state index in [4.69, 9.17) is 4.74 Å². The quantitative estimate of drug-likeness (QED) is 0.647. The second-order valence-electron chi connectivity index (χ2n) is 7.50. The van der Waals surface area contributed by atoms with E-state index in [0.29, 0.717) is 11.7 Å². The SMILES string of the molecule is Cc1ccc(-c2cc(NC(=O)COC(=O)[C@H]3C[C@@H]3C)n(-c3ccccc3)n2)cc1. The molecule has 1 aliphatic carbocycles. The first-order valence-electron chi connectivity index (χ1n) is 9.70. The molecule has 0 aliphatic heterocycles. The lowest BCUT2D eigenvalue weighted by Gasteiger charge is -2.09. The molecule has 0 saturated heterocycles. The fourth-order valence-electron chi connectivity index (χ4n) is 3.17. The molecule has 1 aromatic heterocycles. The van der Waals surface area contributed by atoms with Gasteiger partial charge in [-0.1, -0.05) is 55.0 Å². The van der Waals surface area contributed by atoms with E-state index in [9.17, 15) is 9.59 Å². The number of amides is 1. The minimum absolute atomic E-state index is 0.0641. The zero-order valence-electron chi connectivity index (χ0n) is 16.5. The Morgan fingerprint density at radius 3 is 2.48 bits per heavy atom. The molecular formula is C23H23N3O3. The van der Waals surface area contributed by atoms with E-state index in [0.717, 1.165) is 28.9 Å². The number of ether oxygens (including phenoxy) is 1. The van der Waals surface area contributed by atoms with Gasteiger partial charge in [0, 0.05) is 11.6 Å². The van der Waals surface area contributed by atoms with Gasteiger partial charge in [-0.15, -0.1) is 0 Å². The molecule has 1 amide bonds. The lowest BCUT2D eigenvalue weighted by molar-refractivity contribution is -0.148. The van der Waals surface area contributed by atoms with Crippen LogP contribution in [0.2, 0.25) is 0 Å². The van der Waals surface area contributed by atoms with Crippen LogP contribution in [0.5, 0.6) is 0 Å². The molecule has 4 rings (SSSR count). The molecule has 6 heteroatoms. The fraction of sp³-hybridized carbons (Fsp3) is 0.261. The molecule has 29 heavy (non-hydrogen) atoms. The van der Waals surface area contributed by atoms with Crippen molar-refractivity contribution in [3.05, 3.63) is 66.2 Å². The molecule has 0 bridgehead atoms. The van der Waals surface area contributed by atoms with Crippen LogP contribution in [0.4, 0.5) is 5.82 Å². The number of carbonyl (C=O) groups is 2. The van der Waals surface area contributed by atoms with Gasteiger partial charge in [-0.2, -0.15) is 5.10 Å². The predicted octanol–water partition coefficient (Wildman–Crippen LogP) is 3.99. The highest BCUT2D eigenvalue weighted by molar-refractivity contribution is 5.93. The first-order valence-corrected chi connectivity index (χ1v) is 9.70. The number of hydrogen-bond donors (Lipinski definition) is 1. The minimum Gasteiger partial charge on any atom is -0.455 e. The zero-order valence-corrected chi connectivity index (χ0v) is 16.5. The minimum atomic E-state index is -0.390. The normalized spacial score (nSPS) is 17.6. The van der Waals surface area contributed by atoms with Crippen molar-refractivity contribution in [1.29, 1.82) is 0 Å². The van der Waals surface area contributed by atoms with Gasteiger partial charge in [0.1, 0.15) is 5.82 Å². The van der Waals surface area contributed by atoms with Gasteiger partial charge in [-0.3, -0.25) is 9.59 Å². The van der Waals surface area contributed by atoms with Crippen LogP contribution in [-0.4, -0.2) is 28.3 Å². The van der Waals surface area contributed by atoms with Crippen molar-refractivity contribution in [3.63, 3.8) is 0 Å². The number of esters is 1. The van der Waals surface area contributed by atoms with E-state index < -0.39 is 0 Å². The Labute approximate surface area is 169 Å². The second-order valence-corrected chi connectivity index (χ2v) is 7.50. The molecule has 1 heterocycles. The number of aryl methyl sites for hydroxylation is 1. The lowest BCUT2D eigenvalue weighted by Crippen LogP contribution is -2.23. The van der Waals surface area contributed by atoms with Crippen LogP contribution in [0, 0.1) is 18.8 Å². The molecule has 6 nitrogen and oxygen atoms in total. The van der Waals surface area contributed by atoms with Gasteiger partial charge in [0.2, 0.25) is 0 Å². The van der Waals surface area contributed by atoms with E-state index in [1.807, 2.05) is 74.5 Å². The highest BCUT2D eigenvalue weighted by atomic mass is 16.5. The van der Waals surface area contributed by atoms with Gasteiger partial charge < -0.3 is 10.1 Å². The summed E-state index contributed by atoms with van der Waals surface area (Å²) >= 11 is 0. The standard InChI is InChI=1S/C23H23N3O3/c1-15-8-10-17(11-9-15)20-13-21(26(25-20)18-6-4-3-5-7-18)24-22(27)14-29-23(28)19-12-16(19)2/h3-11,13,16,19H,12,14H2,1-2H3,(H,24,27)/t16-,19-/m0/s1. The maximum Gasteiger partial charge on any atom is 0.309 e. The van der Waals surface area contributed by atoms with Crippen molar-refractivity contribution < 1.29 is 14.3 Å². The fourth-order valence-corrected chi connectivity index (χ4v) is 3.17. The summed E-state index contributed by atoms with van der Waals surface area (Å²) in [4.78, 5) is 24.2. The average molecular weight is 389 g/mol. The predicted molar refractivity (Wildman–Crippen MR) is 111 cm³/mol. The molecule has 0 unspecified atom stereocenters. The van der Waals surface area contributed by atoms with Crippen molar-refractivity contribution in [2.45, 2.75) is 20.3 Å². The Balaban J connectivity index is 1.55. The number of rotatable bonds is 6.